The number of rotatable bonds is 4. The molecule has 19 heavy (non-hydrogen) atoms. The van der Waals surface area contributed by atoms with E-state index in [1.807, 2.05) is 24.4 Å². The summed E-state index contributed by atoms with van der Waals surface area (Å²) in [6.45, 7) is 1.99. The van der Waals surface area contributed by atoms with Crippen LogP contribution in [-0.4, -0.2) is 11.9 Å². The Labute approximate surface area is 129 Å². The van der Waals surface area contributed by atoms with Crippen LogP contribution in [0.15, 0.2) is 40.2 Å². The molecule has 100 valence electrons. The van der Waals surface area contributed by atoms with Crippen molar-refractivity contribution in [2.24, 2.45) is 0 Å². The minimum absolute atomic E-state index is 0.0706. The highest BCUT2D eigenvalue weighted by Gasteiger charge is 2.14. The van der Waals surface area contributed by atoms with E-state index in [9.17, 15) is 4.79 Å². The molecule has 1 amide bonds. The summed E-state index contributed by atoms with van der Waals surface area (Å²) in [7, 11) is 0. The van der Waals surface area contributed by atoms with Gasteiger partial charge >= 0.3 is 0 Å². The second kappa shape index (κ2) is 6.55. The molecule has 0 aliphatic rings. The molecule has 0 saturated carbocycles. The lowest BCUT2D eigenvalue weighted by molar-refractivity contribution is 0.0940. The topological polar surface area (TPSA) is 29.1 Å². The summed E-state index contributed by atoms with van der Waals surface area (Å²) >= 11 is 11.1. The molecule has 0 aliphatic heterocycles. The van der Waals surface area contributed by atoms with Gasteiger partial charge in [-0.25, -0.2) is 0 Å². The lowest BCUT2D eigenvalue weighted by Gasteiger charge is -2.13. The predicted molar refractivity (Wildman–Crippen MR) is 84.1 cm³/mol. The zero-order valence-corrected chi connectivity index (χ0v) is 13.5. The van der Waals surface area contributed by atoms with Crippen LogP contribution in [0, 0.1) is 0 Å². The van der Waals surface area contributed by atoms with E-state index < -0.39 is 0 Å². The van der Waals surface area contributed by atoms with Crippen molar-refractivity contribution in [3.05, 3.63) is 55.6 Å². The maximum atomic E-state index is 12.1. The number of hydrogen-bond donors (Lipinski definition) is 1. The van der Waals surface area contributed by atoms with Gasteiger partial charge in [-0.3, -0.25) is 4.79 Å². The molecule has 1 aromatic heterocycles. The second-order valence-electron chi connectivity index (χ2n) is 4.28. The molecule has 0 bridgehead atoms. The third kappa shape index (κ3) is 4.06. The van der Waals surface area contributed by atoms with Gasteiger partial charge < -0.3 is 5.32 Å². The van der Waals surface area contributed by atoms with Crippen molar-refractivity contribution < 1.29 is 4.79 Å². The Kier molecular flexibility index (Phi) is 5.02. The van der Waals surface area contributed by atoms with Gasteiger partial charge in [0.15, 0.2) is 0 Å². The summed E-state index contributed by atoms with van der Waals surface area (Å²) in [6, 6.07) is 9.41. The van der Waals surface area contributed by atoms with E-state index in [1.165, 1.54) is 4.88 Å². The Hall–Kier alpha value is -0.840. The number of amides is 1. The van der Waals surface area contributed by atoms with Crippen LogP contribution in [-0.2, 0) is 6.42 Å². The van der Waals surface area contributed by atoms with Crippen molar-refractivity contribution >= 4 is 44.8 Å². The first-order valence-corrected chi connectivity index (χ1v) is 7.89. The first kappa shape index (κ1) is 14.6. The standard InChI is InChI=1S/C14H13BrClNOS/c1-9(7-11-3-2-6-19-11)17-14(18)12-8-10(15)4-5-13(12)16/h2-6,8-9H,7H2,1H3,(H,17,18). The van der Waals surface area contributed by atoms with Gasteiger partial charge in [0.2, 0.25) is 0 Å². The van der Waals surface area contributed by atoms with Crippen LogP contribution in [0.2, 0.25) is 5.02 Å². The van der Waals surface area contributed by atoms with Gasteiger partial charge in [0, 0.05) is 21.8 Å². The largest absolute Gasteiger partial charge is 0.349 e. The monoisotopic (exact) mass is 357 g/mol. The van der Waals surface area contributed by atoms with Crippen LogP contribution in [0.5, 0.6) is 0 Å². The Bertz CT molecular complexity index is 571. The molecule has 1 N–H and O–H groups in total. The van der Waals surface area contributed by atoms with Crippen molar-refractivity contribution in [3.63, 3.8) is 0 Å². The molecule has 0 saturated heterocycles. The number of hydrogen-bond acceptors (Lipinski definition) is 2. The van der Waals surface area contributed by atoms with Gasteiger partial charge in [-0.15, -0.1) is 11.3 Å². The normalized spacial score (nSPS) is 12.2. The predicted octanol–water partition coefficient (Wildman–Crippen LogP) is 4.53. The van der Waals surface area contributed by atoms with E-state index in [0.717, 1.165) is 10.9 Å². The summed E-state index contributed by atoms with van der Waals surface area (Å²) in [5.41, 5.74) is 0.495. The van der Waals surface area contributed by atoms with Gasteiger partial charge in [-0.05, 0) is 36.6 Å². The molecular formula is C14H13BrClNOS. The van der Waals surface area contributed by atoms with E-state index in [2.05, 4.69) is 27.3 Å². The Morgan fingerprint density at radius 1 is 1.47 bits per heavy atom. The zero-order valence-electron chi connectivity index (χ0n) is 10.3. The summed E-state index contributed by atoms with van der Waals surface area (Å²) in [5.74, 6) is -0.143. The van der Waals surface area contributed by atoms with Gasteiger partial charge in [0.1, 0.15) is 0 Å². The van der Waals surface area contributed by atoms with Crippen molar-refractivity contribution in [1.82, 2.24) is 5.32 Å². The molecular weight excluding hydrogens is 346 g/mol. The van der Waals surface area contributed by atoms with E-state index >= 15 is 0 Å². The molecule has 0 fully saturated rings. The molecule has 1 unspecified atom stereocenters. The first-order chi connectivity index (χ1) is 9.06. The Balaban J connectivity index is 2.02. The highest BCUT2D eigenvalue weighted by atomic mass is 79.9. The third-order valence-electron chi connectivity index (χ3n) is 2.64. The van der Waals surface area contributed by atoms with E-state index in [-0.39, 0.29) is 11.9 Å². The molecule has 0 radical (unpaired) electrons. The fourth-order valence-corrected chi connectivity index (χ4v) is 3.15. The van der Waals surface area contributed by atoms with E-state index in [1.54, 1.807) is 23.5 Å². The lowest BCUT2D eigenvalue weighted by Crippen LogP contribution is -2.34. The molecule has 1 heterocycles. The molecule has 0 spiro atoms. The van der Waals surface area contributed by atoms with Gasteiger partial charge in [0.25, 0.3) is 5.91 Å². The average Bonchev–Trinajstić information content (AvgIpc) is 2.84. The number of halogens is 2. The number of benzene rings is 1. The Morgan fingerprint density at radius 2 is 2.26 bits per heavy atom. The van der Waals surface area contributed by atoms with E-state index in [4.69, 9.17) is 11.6 Å². The SMILES string of the molecule is CC(Cc1cccs1)NC(=O)c1cc(Br)ccc1Cl. The van der Waals surface area contributed by atoms with E-state index in [0.29, 0.717) is 10.6 Å². The fraction of sp³-hybridized carbons (Fsp3) is 0.214. The van der Waals surface area contributed by atoms with Gasteiger partial charge in [-0.1, -0.05) is 33.6 Å². The molecule has 2 aromatic rings. The van der Waals surface area contributed by atoms with Crippen LogP contribution in [0.25, 0.3) is 0 Å². The smallest absolute Gasteiger partial charge is 0.253 e. The highest BCUT2D eigenvalue weighted by Crippen LogP contribution is 2.21. The van der Waals surface area contributed by atoms with Crippen molar-refractivity contribution in [3.8, 4) is 0 Å². The van der Waals surface area contributed by atoms with Crippen LogP contribution >= 0.6 is 38.9 Å². The fourth-order valence-electron chi connectivity index (χ4n) is 1.75. The molecule has 0 aliphatic carbocycles. The maximum absolute atomic E-state index is 12.1. The number of carbonyl (C=O) groups is 1. The average molecular weight is 359 g/mol. The van der Waals surface area contributed by atoms with Gasteiger partial charge in [-0.2, -0.15) is 0 Å². The first-order valence-electron chi connectivity index (χ1n) is 5.84. The second-order valence-corrected chi connectivity index (χ2v) is 6.64. The summed E-state index contributed by atoms with van der Waals surface area (Å²) in [6.07, 6.45) is 0.828. The van der Waals surface area contributed by atoms with Crippen molar-refractivity contribution in [2.45, 2.75) is 19.4 Å². The number of carbonyl (C=O) groups excluding carboxylic acids is 1. The summed E-state index contributed by atoms with van der Waals surface area (Å²) in [4.78, 5) is 13.4. The van der Waals surface area contributed by atoms with Crippen molar-refractivity contribution in [2.75, 3.05) is 0 Å². The molecule has 1 aromatic carbocycles. The van der Waals surface area contributed by atoms with Crippen LogP contribution < -0.4 is 5.32 Å². The van der Waals surface area contributed by atoms with Crippen LogP contribution in [0.1, 0.15) is 22.2 Å². The Morgan fingerprint density at radius 3 is 2.95 bits per heavy atom. The van der Waals surface area contributed by atoms with Crippen LogP contribution in [0.3, 0.4) is 0 Å². The lowest BCUT2D eigenvalue weighted by atomic mass is 10.1. The molecule has 2 nitrogen and oxygen atoms in total. The minimum atomic E-state index is -0.143. The maximum Gasteiger partial charge on any atom is 0.253 e. The molecule has 2 rings (SSSR count). The quantitative estimate of drug-likeness (QED) is 0.855. The number of thiophene rings is 1. The van der Waals surface area contributed by atoms with Gasteiger partial charge in [0.05, 0.1) is 10.6 Å². The highest BCUT2D eigenvalue weighted by molar-refractivity contribution is 9.10. The van der Waals surface area contributed by atoms with Crippen molar-refractivity contribution in [1.29, 1.82) is 0 Å². The zero-order chi connectivity index (χ0) is 13.8. The number of nitrogens with one attached hydrogen (secondary N) is 1. The summed E-state index contributed by atoms with van der Waals surface area (Å²) in [5, 5.41) is 5.46. The minimum Gasteiger partial charge on any atom is -0.349 e. The summed E-state index contributed by atoms with van der Waals surface area (Å²) < 4.78 is 0.841. The molecule has 5 heteroatoms. The van der Waals surface area contributed by atoms with Crippen LogP contribution in [0.4, 0.5) is 0 Å². The molecule has 1 atom stereocenters. The third-order valence-corrected chi connectivity index (χ3v) is 4.36.